The first-order valence-corrected chi connectivity index (χ1v) is 11.9. The molecule has 0 saturated carbocycles. The molecule has 178 valence electrons. The molecule has 0 saturated heterocycles. The summed E-state index contributed by atoms with van der Waals surface area (Å²) in [5, 5.41) is 12.4. The van der Waals surface area contributed by atoms with Gasteiger partial charge >= 0.3 is 5.97 Å². The van der Waals surface area contributed by atoms with Crippen molar-refractivity contribution in [1.82, 2.24) is 5.32 Å². The van der Waals surface area contributed by atoms with Crippen LogP contribution in [0.2, 0.25) is 0 Å². The number of carbonyl (C=O) groups excluding carboxylic acids is 1. The molecule has 0 aliphatic heterocycles. The Bertz CT molecular complexity index is 1090. The van der Waals surface area contributed by atoms with Gasteiger partial charge in [0, 0.05) is 12.5 Å². The Morgan fingerprint density at radius 3 is 2.41 bits per heavy atom. The van der Waals surface area contributed by atoms with Gasteiger partial charge in [-0.05, 0) is 53.4 Å². The molecule has 0 radical (unpaired) electrons. The van der Waals surface area contributed by atoms with E-state index in [0.717, 1.165) is 29.5 Å². The van der Waals surface area contributed by atoms with Gasteiger partial charge in [-0.15, -0.1) is 0 Å². The predicted molar refractivity (Wildman–Crippen MR) is 135 cm³/mol. The van der Waals surface area contributed by atoms with Gasteiger partial charge in [-0.2, -0.15) is 0 Å². The molecule has 1 atom stereocenters. The molecule has 0 aliphatic carbocycles. The summed E-state index contributed by atoms with van der Waals surface area (Å²) in [4.78, 5) is 23.8. The highest BCUT2D eigenvalue weighted by Crippen LogP contribution is 2.28. The van der Waals surface area contributed by atoms with Crippen molar-refractivity contribution in [3.05, 3.63) is 83.9 Å². The Kier molecular flexibility index (Phi) is 9.27. The molecule has 2 N–H and O–H groups in total. The van der Waals surface area contributed by atoms with E-state index in [1.54, 1.807) is 18.2 Å². The van der Waals surface area contributed by atoms with Gasteiger partial charge in [0.15, 0.2) is 0 Å². The number of carboxylic acids is 1. The van der Waals surface area contributed by atoms with Crippen LogP contribution < -0.4 is 10.1 Å². The van der Waals surface area contributed by atoms with Gasteiger partial charge in [0.1, 0.15) is 17.1 Å². The Balaban J connectivity index is 1.59. The fourth-order valence-corrected chi connectivity index (χ4v) is 3.81. The molecule has 3 rings (SSSR count). The molecule has 5 nitrogen and oxygen atoms in total. The fraction of sp³-hybridized carbons (Fsp3) is 0.310. The van der Waals surface area contributed by atoms with Crippen LogP contribution in [0.1, 0.15) is 61.9 Å². The maximum atomic E-state index is 12.4. The van der Waals surface area contributed by atoms with Crippen LogP contribution in [0.15, 0.2) is 72.8 Å². The number of ether oxygens (including phenoxy) is 1. The van der Waals surface area contributed by atoms with Crippen molar-refractivity contribution in [2.75, 3.05) is 0 Å². The third kappa shape index (κ3) is 7.20. The highest BCUT2D eigenvalue weighted by molar-refractivity contribution is 5.90. The first kappa shape index (κ1) is 25.0. The molecule has 0 heterocycles. The summed E-state index contributed by atoms with van der Waals surface area (Å²) in [6.07, 6.45) is 5.64. The van der Waals surface area contributed by atoms with Crippen molar-refractivity contribution in [2.24, 2.45) is 5.92 Å². The smallest absolute Gasteiger partial charge is 0.339 e. The molecule has 3 aromatic rings. The van der Waals surface area contributed by atoms with Crippen LogP contribution in [0.5, 0.6) is 11.5 Å². The molecule has 34 heavy (non-hydrogen) atoms. The first-order valence-electron chi connectivity index (χ1n) is 11.9. The summed E-state index contributed by atoms with van der Waals surface area (Å²) in [5.41, 5.74) is 3.21. The maximum absolute atomic E-state index is 12.4. The van der Waals surface area contributed by atoms with E-state index in [0.29, 0.717) is 18.0 Å². The minimum absolute atomic E-state index is 0.0267. The summed E-state index contributed by atoms with van der Waals surface area (Å²) >= 11 is 0. The number of carboxylic acid groups (broad SMARTS) is 1. The third-order valence-corrected chi connectivity index (χ3v) is 5.86. The monoisotopic (exact) mass is 459 g/mol. The highest BCUT2D eigenvalue weighted by atomic mass is 16.5. The van der Waals surface area contributed by atoms with E-state index < -0.39 is 5.97 Å². The Morgan fingerprint density at radius 2 is 1.68 bits per heavy atom. The zero-order valence-corrected chi connectivity index (χ0v) is 19.9. The van der Waals surface area contributed by atoms with Crippen LogP contribution in [0.25, 0.3) is 11.1 Å². The third-order valence-electron chi connectivity index (χ3n) is 5.86. The number of hydrogen-bond donors (Lipinski definition) is 2. The van der Waals surface area contributed by atoms with E-state index in [4.69, 9.17) is 4.74 Å². The number of benzene rings is 3. The molecule has 1 amide bonds. The van der Waals surface area contributed by atoms with Crippen LogP contribution in [0.3, 0.4) is 0 Å². The summed E-state index contributed by atoms with van der Waals surface area (Å²) in [7, 11) is 0. The van der Waals surface area contributed by atoms with Crippen molar-refractivity contribution < 1.29 is 19.4 Å². The summed E-state index contributed by atoms with van der Waals surface area (Å²) in [6.45, 7) is 4.68. The topological polar surface area (TPSA) is 75.6 Å². The van der Waals surface area contributed by atoms with Crippen LogP contribution in [-0.2, 0) is 11.3 Å². The molecule has 0 aliphatic rings. The van der Waals surface area contributed by atoms with Crippen LogP contribution >= 0.6 is 0 Å². The van der Waals surface area contributed by atoms with E-state index in [2.05, 4.69) is 18.3 Å². The molecular weight excluding hydrogens is 426 g/mol. The maximum Gasteiger partial charge on any atom is 0.339 e. The zero-order chi connectivity index (χ0) is 24.3. The van der Waals surface area contributed by atoms with Gasteiger partial charge in [0.25, 0.3) is 0 Å². The quantitative estimate of drug-likeness (QED) is 0.284. The first-order chi connectivity index (χ1) is 16.5. The number of para-hydroxylation sites is 1. The molecule has 0 bridgehead atoms. The summed E-state index contributed by atoms with van der Waals surface area (Å²) < 4.78 is 5.79. The van der Waals surface area contributed by atoms with E-state index >= 15 is 0 Å². The minimum atomic E-state index is -1.03. The average molecular weight is 460 g/mol. The van der Waals surface area contributed by atoms with E-state index in [1.165, 1.54) is 25.3 Å². The van der Waals surface area contributed by atoms with Crippen molar-refractivity contribution in [3.8, 4) is 22.6 Å². The van der Waals surface area contributed by atoms with Gasteiger partial charge in [0.2, 0.25) is 5.91 Å². The minimum Gasteiger partial charge on any atom is -0.478 e. The van der Waals surface area contributed by atoms with Gasteiger partial charge in [0.05, 0.1) is 0 Å². The molecular formula is C29H33NO4. The summed E-state index contributed by atoms with van der Waals surface area (Å²) in [5.74, 6) is -0.0280. The number of aromatic carboxylic acids is 1. The lowest BCUT2D eigenvalue weighted by Gasteiger charge is -2.13. The number of carbonyl (C=O) groups is 2. The second-order valence-electron chi connectivity index (χ2n) is 8.60. The lowest BCUT2D eigenvalue weighted by molar-refractivity contribution is -0.124. The summed E-state index contributed by atoms with van der Waals surface area (Å²) in [6, 6.07) is 22.2. The van der Waals surface area contributed by atoms with Crippen LogP contribution in [-0.4, -0.2) is 17.0 Å². The number of hydrogen-bond acceptors (Lipinski definition) is 3. The second kappa shape index (κ2) is 12.6. The van der Waals surface area contributed by atoms with Gasteiger partial charge in [-0.25, -0.2) is 4.79 Å². The molecule has 0 spiro atoms. The molecule has 1 unspecified atom stereocenters. The second-order valence-corrected chi connectivity index (χ2v) is 8.60. The fourth-order valence-electron chi connectivity index (χ4n) is 3.81. The Hall–Kier alpha value is -3.60. The lowest BCUT2D eigenvalue weighted by Crippen LogP contribution is -2.28. The highest BCUT2D eigenvalue weighted by Gasteiger charge is 2.13. The van der Waals surface area contributed by atoms with Crippen molar-refractivity contribution in [2.45, 2.75) is 52.5 Å². The number of unbranched alkanes of at least 4 members (excludes halogenated alkanes) is 3. The standard InChI is InChI=1S/C29H33NO4/c1-3-4-5-6-10-21(2)28(31)30-20-22-11-9-12-24(19-22)23-15-17-25(18-16-23)34-27-14-8-7-13-26(27)29(32)33/h7-9,11-19,21H,3-6,10,20H2,1-2H3,(H,30,31)(H,32,33). The van der Waals surface area contributed by atoms with Gasteiger partial charge in [-0.1, -0.05) is 82.0 Å². The Labute approximate surface area is 201 Å². The largest absolute Gasteiger partial charge is 0.478 e. The van der Waals surface area contributed by atoms with Gasteiger partial charge < -0.3 is 15.2 Å². The van der Waals surface area contributed by atoms with Crippen molar-refractivity contribution in [1.29, 1.82) is 0 Å². The molecule has 3 aromatic carbocycles. The van der Waals surface area contributed by atoms with E-state index in [-0.39, 0.29) is 17.4 Å². The van der Waals surface area contributed by atoms with E-state index in [1.807, 2.05) is 49.4 Å². The number of amides is 1. The lowest BCUT2D eigenvalue weighted by atomic mass is 10.0. The van der Waals surface area contributed by atoms with Crippen LogP contribution in [0.4, 0.5) is 0 Å². The average Bonchev–Trinajstić information content (AvgIpc) is 2.86. The number of rotatable bonds is 12. The van der Waals surface area contributed by atoms with Crippen LogP contribution in [0, 0.1) is 5.92 Å². The van der Waals surface area contributed by atoms with E-state index in [9.17, 15) is 14.7 Å². The number of nitrogens with one attached hydrogen (secondary N) is 1. The van der Waals surface area contributed by atoms with Crippen molar-refractivity contribution in [3.63, 3.8) is 0 Å². The SMILES string of the molecule is CCCCCCC(C)C(=O)NCc1cccc(-c2ccc(Oc3ccccc3C(=O)O)cc2)c1. The molecule has 0 aromatic heterocycles. The van der Waals surface area contributed by atoms with Gasteiger partial charge in [-0.3, -0.25) is 4.79 Å². The van der Waals surface area contributed by atoms with Crippen molar-refractivity contribution >= 4 is 11.9 Å². The molecule has 5 heteroatoms. The normalized spacial score (nSPS) is 11.6. The zero-order valence-electron chi connectivity index (χ0n) is 19.9. The predicted octanol–water partition coefficient (Wildman–Crippen LogP) is 7.07. The Morgan fingerprint density at radius 1 is 0.912 bits per heavy atom. The molecule has 0 fully saturated rings.